The lowest BCUT2D eigenvalue weighted by atomic mass is 9.84. The molecule has 0 aliphatic carbocycles. The number of benzene rings is 2. The topological polar surface area (TPSA) is 142 Å². The van der Waals surface area contributed by atoms with Crippen molar-refractivity contribution in [3.05, 3.63) is 71.1 Å². The van der Waals surface area contributed by atoms with Gasteiger partial charge in [0.2, 0.25) is 5.89 Å². The molecule has 2 heterocycles. The highest BCUT2D eigenvalue weighted by Gasteiger charge is 2.46. The van der Waals surface area contributed by atoms with Gasteiger partial charge < -0.3 is 29.1 Å². The molecule has 2 N–H and O–H groups in total. The summed E-state index contributed by atoms with van der Waals surface area (Å²) in [7, 11) is 0. The minimum atomic E-state index is -1.12. The van der Waals surface area contributed by atoms with Crippen molar-refractivity contribution >= 4 is 11.7 Å². The Balaban J connectivity index is 1.73. The first kappa shape index (κ1) is 24.1. The van der Waals surface area contributed by atoms with Gasteiger partial charge >= 0.3 is 5.97 Å². The zero-order valence-electron chi connectivity index (χ0n) is 19.0. The highest BCUT2D eigenvalue weighted by molar-refractivity contribution is 5.68. The number of carbonyl (C=O) groups is 1. The van der Waals surface area contributed by atoms with Crippen molar-refractivity contribution in [3.8, 4) is 11.8 Å². The Morgan fingerprint density at radius 1 is 1.29 bits per heavy atom. The summed E-state index contributed by atoms with van der Waals surface area (Å²) in [4.78, 5) is 16.7. The van der Waals surface area contributed by atoms with E-state index >= 15 is 0 Å². The molecule has 0 amide bonds. The molecule has 10 nitrogen and oxygen atoms in total. The third kappa shape index (κ3) is 5.24. The van der Waals surface area contributed by atoms with E-state index in [1.54, 1.807) is 49.1 Å². The van der Waals surface area contributed by atoms with Crippen LogP contribution in [0.1, 0.15) is 42.7 Å². The van der Waals surface area contributed by atoms with Crippen molar-refractivity contribution < 1.29 is 33.4 Å². The number of rotatable bonds is 8. The van der Waals surface area contributed by atoms with Gasteiger partial charge in [-0.3, -0.25) is 0 Å². The van der Waals surface area contributed by atoms with Crippen LogP contribution in [0.3, 0.4) is 0 Å². The van der Waals surface area contributed by atoms with Gasteiger partial charge in [-0.05, 0) is 56.3 Å². The first-order chi connectivity index (χ1) is 16.7. The molecule has 0 unspecified atom stereocenters. The summed E-state index contributed by atoms with van der Waals surface area (Å²) in [6.45, 7) is 2.85. The summed E-state index contributed by atoms with van der Waals surface area (Å²) < 4.78 is 30.1. The van der Waals surface area contributed by atoms with E-state index in [-0.39, 0.29) is 24.9 Å². The zero-order chi connectivity index (χ0) is 25.2. The fourth-order valence-electron chi connectivity index (χ4n) is 3.95. The molecular formula is C24H23FN4O6. The van der Waals surface area contributed by atoms with Crippen LogP contribution < -0.4 is 9.64 Å². The largest absolute Gasteiger partial charge is 0.485 e. The number of nitrogens with zero attached hydrogens (tertiary/aromatic N) is 4. The number of nitriles is 1. The second-order valence-corrected chi connectivity index (χ2v) is 8.55. The molecule has 0 fully saturated rings. The van der Waals surface area contributed by atoms with Gasteiger partial charge in [-0.15, -0.1) is 0 Å². The van der Waals surface area contributed by atoms with Gasteiger partial charge in [-0.1, -0.05) is 5.16 Å². The predicted octanol–water partition coefficient (Wildman–Crippen LogP) is 2.96. The second kappa shape index (κ2) is 9.69. The summed E-state index contributed by atoms with van der Waals surface area (Å²) in [5, 5.41) is 33.3. The van der Waals surface area contributed by atoms with Crippen LogP contribution in [-0.4, -0.2) is 44.6 Å². The molecule has 0 bridgehead atoms. The summed E-state index contributed by atoms with van der Waals surface area (Å²) in [5.74, 6) is -0.727. The average Bonchev–Trinajstić information content (AvgIpc) is 3.26. The lowest BCUT2D eigenvalue weighted by molar-refractivity contribution is -0.142. The van der Waals surface area contributed by atoms with Gasteiger partial charge in [0.25, 0.3) is 0 Å². The third-order valence-electron chi connectivity index (χ3n) is 5.61. The maximum Gasteiger partial charge on any atom is 0.329 e. The van der Waals surface area contributed by atoms with Crippen molar-refractivity contribution in [2.75, 3.05) is 11.5 Å². The van der Waals surface area contributed by atoms with Crippen LogP contribution in [-0.2, 0) is 22.7 Å². The van der Waals surface area contributed by atoms with Crippen LogP contribution >= 0.6 is 0 Å². The molecule has 0 saturated heterocycles. The molecule has 182 valence electrons. The standard InChI is InChI=1S/C24H23FN4O6/c1-24(2)23(32)22(17-9-14(10-26)3-8-18(17)34-24)29(16-6-4-15(25)5-7-16)11-20-27-19(28-35-20)12-33-13-21(30)31/h3-9,22-23,32H,11-13H2,1-2H3,(H,30,31)/t22-,23+/m0/s1. The molecule has 1 aromatic heterocycles. The Morgan fingerprint density at radius 2 is 2.03 bits per heavy atom. The van der Waals surface area contributed by atoms with E-state index in [0.717, 1.165) is 0 Å². The number of aromatic nitrogens is 2. The number of halogens is 1. The maximum absolute atomic E-state index is 13.7. The first-order valence-corrected chi connectivity index (χ1v) is 10.7. The summed E-state index contributed by atoms with van der Waals surface area (Å²) in [6.07, 6.45) is -1.06. The molecule has 3 aromatic rings. The van der Waals surface area contributed by atoms with Crippen LogP contribution in [0.25, 0.3) is 0 Å². The average molecular weight is 482 g/mol. The number of fused-ring (bicyclic) bond motifs is 1. The number of aliphatic hydroxyl groups is 1. The normalized spacial score (nSPS) is 18.3. The van der Waals surface area contributed by atoms with Crippen molar-refractivity contribution in [2.45, 2.75) is 44.7 Å². The number of hydrogen-bond acceptors (Lipinski definition) is 9. The Hall–Kier alpha value is -4.01. The number of ether oxygens (including phenoxy) is 2. The van der Waals surface area contributed by atoms with Crippen molar-refractivity contribution in [1.29, 1.82) is 5.26 Å². The van der Waals surface area contributed by atoms with E-state index in [1.807, 2.05) is 0 Å². The van der Waals surface area contributed by atoms with Crippen LogP contribution in [0.5, 0.6) is 5.75 Å². The van der Waals surface area contributed by atoms with Crippen LogP contribution in [0.2, 0.25) is 0 Å². The van der Waals surface area contributed by atoms with E-state index in [2.05, 4.69) is 16.2 Å². The molecule has 2 aromatic carbocycles. The Morgan fingerprint density at radius 3 is 2.71 bits per heavy atom. The number of aliphatic carboxylic acids is 1. The first-order valence-electron chi connectivity index (χ1n) is 10.7. The minimum absolute atomic E-state index is 0.0194. The van der Waals surface area contributed by atoms with E-state index < -0.39 is 36.1 Å². The van der Waals surface area contributed by atoms with Crippen LogP contribution in [0, 0.1) is 17.1 Å². The second-order valence-electron chi connectivity index (χ2n) is 8.55. The maximum atomic E-state index is 13.7. The van der Waals surface area contributed by atoms with Gasteiger partial charge in [0.1, 0.15) is 36.5 Å². The van der Waals surface area contributed by atoms with Gasteiger partial charge in [0.15, 0.2) is 5.82 Å². The van der Waals surface area contributed by atoms with E-state index in [4.69, 9.17) is 19.1 Å². The van der Waals surface area contributed by atoms with Gasteiger partial charge in [0, 0.05) is 11.3 Å². The third-order valence-corrected chi connectivity index (χ3v) is 5.61. The summed E-state index contributed by atoms with van der Waals surface area (Å²) >= 11 is 0. The van der Waals surface area contributed by atoms with Crippen LogP contribution in [0.4, 0.5) is 10.1 Å². The summed E-state index contributed by atoms with van der Waals surface area (Å²) in [6, 6.07) is 12.1. The molecule has 0 saturated carbocycles. The predicted molar refractivity (Wildman–Crippen MR) is 119 cm³/mol. The molecule has 0 spiro atoms. The molecule has 1 aliphatic rings. The molecule has 0 radical (unpaired) electrons. The van der Waals surface area contributed by atoms with Crippen molar-refractivity contribution in [3.63, 3.8) is 0 Å². The Labute approximate surface area is 200 Å². The molecule has 11 heteroatoms. The molecule has 1 aliphatic heterocycles. The number of carboxylic acid groups (broad SMARTS) is 1. The molecular weight excluding hydrogens is 459 g/mol. The smallest absolute Gasteiger partial charge is 0.329 e. The van der Waals surface area contributed by atoms with Crippen LogP contribution in [0.15, 0.2) is 47.0 Å². The quantitative estimate of drug-likeness (QED) is 0.492. The van der Waals surface area contributed by atoms with E-state index in [1.165, 1.54) is 12.1 Å². The molecule has 4 rings (SSSR count). The monoisotopic (exact) mass is 482 g/mol. The van der Waals surface area contributed by atoms with Crippen molar-refractivity contribution in [2.24, 2.45) is 0 Å². The lowest BCUT2D eigenvalue weighted by Gasteiger charge is -2.46. The highest BCUT2D eigenvalue weighted by atomic mass is 19.1. The van der Waals surface area contributed by atoms with Gasteiger partial charge in [-0.2, -0.15) is 10.2 Å². The molecule has 2 atom stereocenters. The number of anilines is 1. The lowest BCUT2D eigenvalue weighted by Crippen LogP contribution is -2.53. The number of carboxylic acids is 1. The Kier molecular flexibility index (Phi) is 6.68. The fourth-order valence-corrected chi connectivity index (χ4v) is 3.95. The number of aliphatic hydroxyl groups excluding tert-OH is 1. The zero-order valence-corrected chi connectivity index (χ0v) is 19.0. The van der Waals surface area contributed by atoms with Crippen molar-refractivity contribution in [1.82, 2.24) is 10.1 Å². The number of hydrogen-bond donors (Lipinski definition) is 2. The van der Waals surface area contributed by atoms with E-state index in [0.29, 0.717) is 22.6 Å². The SMILES string of the molecule is CC1(C)Oc2ccc(C#N)cc2[C@H](N(Cc2nc(COCC(=O)O)no2)c2ccc(F)cc2)[C@H]1O. The highest BCUT2D eigenvalue weighted by Crippen LogP contribution is 2.45. The summed E-state index contributed by atoms with van der Waals surface area (Å²) in [5.41, 5.74) is 0.529. The van der Waals surface area contributed by atoms with E-state index in [9.17, 15) is 19.6 Å². The Bertz CT molecular complexity index is 1250. The molecule has 35 heavy (non-hydrogen) atoms. The fraction of sp³-hybridized carbons (Fsp3) is 0.333. The minimum Gasteiger partial charge on any atom is -0.485 e. The van der Waals surface area contributed by atoms with Gasteiger partial charge in [0.05, 0.1) is 24.2 Å². The van der Waals surface area contributed by atoms with Gasteiger partial charge in [-0.25, -0.2) is 9.18 Å².